The molecule has 2 aromatic carbocycles. The standard InChI is InChI=1S/C20H25FN2S/c21-19-7-9-20(10-8-19)24-16-4-11-22-12-14-23(15-13-22)17-18-5-2-1-3-6-18/h1-3,5-10H,4,11-17H2. The van der Waals surface area contributed by atoms with Crippen LogP contribution in [0, 0.1) is 5.82 Å². The highest BCUT2D eigenvalue weighted by atomic mass is 32.2. The largest absolute Gasteiger partial charge is 0.301 e. The second kappa shape index (κ2) is 9.21. The minimum absolute atomic E-state index is 0.160. The maximum atomic E-state index is 12.9. The lowest BCUT2D eigenvalue weighted by atomic mass is 10.2. The maximum Gasteiger partial charge on any atom is 0.123 e. The highest BCUT2D eigenvalue weighted by Gasteiger charge is 2.16. The maximum absolute atomic E-state index is 12.9. The zero-order chi connectivity index (χ0) is 16.6. The molecule has 128 valence electrons. The molecule has 24 heavy (non-hydrogen) atoms. The van der Waals surface area contributed by atoms with Gasteiger partial charge in [0.25, 0.3) is 0 Å². The molecule has 0 aromatic heterocycles. The molecule has 0 atom stereocenters. The minimum atomic E-state index is -0.160. The van der Waals surface area contributed by atoms with E-state index in [2.05, 4.69) is 40.1 Å². The van der Waals surface area contributed by atoms with E-state index >= 15 is 0 Å². The Morgan fingerprint density at radius 1 is 0.833 bits per heavy atom. The summed E-state index contributed by atoms with van der Waals surface area (Å²) in [5.74, 6) is 0.934. The van der Waals surface area contributed by atoms with E-state index in [1.165, 1.54) is 24.1 Å². The van der Waals surface area contributed by atoms with Gasteiger partial charge in [-0.1, -0.05) is 30.3 Å². The zero-order valence-corrected chi connectivity index (χ0v) is 14.9. The molecule has 1 saturated heterocycles. The molecule has 2 aromatic rings. The van der Waals surface area contributed by atoms with Crippen molar-refractivity contribution in [1.82, 2.24) is 9.80 Å². The van der Waals surface area contributed by atoms with E-state index in [1.807, 2.05) is 23.9 Å². The van der Waals surface area contributed by atoms with Crippen LogP contribution in [0.1, 0.15) is 12.0 Å². The van der Waals surface area contributed by atoms with E-state index in [0.717, 1.165) is 49.9 Å². The molecular weight excluding hydrogens is 319 g/mol. The molecule has 4 heteroatoms. The first-order valence-electron chi connectivity index (χ1n) is 8.66. The predicted octanol–water partition coefficient (Wildman–Crippen LogP) is 4.13. The summed E-state index contributed by atoms with van der Waals surface area (Å²) in [4.78, 5) is 6.26. The van der Waals surface area contributed by atoms with Crippen LogP contribution in [-0.2, 0) is 6.54 Å². The molecule has 1 heterocycles. The van der Waals surface area contributed by atoms with Crippen LogP contribution in [0.3, 0.4) is 0 Å². The number of hydrogen-bond acceptors (Lipinski definition) is 3. The Bertz CT molecular complexity index is 595. The Morgan fingerprint density at radius 3 is 2.21 bits per heavy atom. The summed E-state index contributed by atoms with van der Waals surface area (Å²) in [6.45, 7) is 6.85. The van der Waals surface area contributed by atoms with Crippen LogP contribution in [0.25, 0.3) is 0 Å². The number of nitrogens with zero attached hydrogens (tertiary/aromatic N) is 2. The molecule has 1 fully saturated rings. The van der Waals surface area contributed by atoms with Crippen LogP contribution in [0.5, 0.6) is 0 Å². The van der Waals surface area contributed by atoms with Gasteiger partial charge in [-0.2, -0.15) is 0 Å². The number of hydrogen-bond donors (Lipinski definition) is 0. The van der Waals surface area contributed by atoms with Crippen molar-refractivity contribution in [3.63, 3.8) is 0 Å². The summed E-state index contributed by atoms with van der Waals surface area (Å²) in [7, 11) is 0. The van der Waals surface area contributed by atoms with Crippen LogP contribution in [0.4, 0.5) is 4.39 Å². The molecule has 0 saturated carbocycles. The van der Waals surface area contributed by atoms with Gasteiger partial charge in [0.05, 0.1) is 0 Å². The third-order valence-electron chi connectivity index (χ3n) is 4.41. The zero-order valence-electron chi connectivity index (χ0n) is 14.0. The summed E-state index contributed by atoms with van der Waals surface area (Å²) in [6.07, 6.45) is 1.18. The van der Waals surface area contributed by atoms with Crippen LogP contribution in [0.2, 0.25) is 0 Å². The fourth-order valence-electron chi connectivity index (χ4n) is 3.02. The Morgan fingerprint density at radius 2 is 1.50 bits per heavy atom. The third kappa shape index (κ3) is 5.62. The van der Waals surface area contributed by atoms with Crippen molar-refractivity contribution in [1.29, 1.82) is 0 Å². The lowest BCUT2D eigenvalue weighted by molar-refractivity contribution is 0.127. The average molecular weight is 344 g/mol. The minimum Gasteiger partial charge on any atom is -0.301 e. The molecule has 0 N–H and O–H groups in total. The number of thioether (sulfide) groups is 1. The van der Waals surface area contributed by atoms with Crippen molar-refractivity contribution in [2.24, 2.45) is 0 Å². The number of benzene rings is 2. The fourth-order valence-corrected chi connectivity index (χ4v) is 3.86. The molecule has 0 spiro atoms. The van der Waals surface area contributed by atoms with Crippen LogP contribution < -0.4 is 0 Å². The SMILES string of the molecule is Fc1ccc(SCCCN2CCN(Cc3ccccc3)CC2)cc1. The third-order valence-corrected chi connectivity index (χ3v) is 5.51. The molecule has 0 amide bonds. The molecule has 1 aliphatic rings. The Labute approximate surface area is 148 Å². The van der Waals surface area contributed by atoms with E-state index in [0.29, 0.717) is 0 Å². The van der Waals surface area contributed by atoms with Gasteiger partial charge in [0.15, 0.2) is 0 Å². The number of halogens is 1. The van der Waals surface area contributed by atoms with E-state index in [1.54, 1.807) is 0 Å². The normalized spacial score (nSPS) is 16.4. The first-order valence-corrected chi connectivity index (χ1v) is 9.65. The van der Waals surface area contributed by atoms with Crippen molar-refractivity contribution in [3.05, 3.63) is 66.0 Å². The van der Waals surface area contributed by atoms with Gasteiger partial charge in [0.1, 0.15) is 5.82 Å². The highest BCUT2D eigenvalue weighted by Crippen LogP contribution is 2.19. The molecule has 2 nitrogen and oxygen atoms in total. The molecule has 0 aliphatic carbocycles. The Balaban J connectivity index is 1.30. The van der Waals surface area contributed by atoms with Gasteiger partial charge in [-0.15, -0.1) is 11.8 Å². The highest BCUT2D eigenvalue weighted by molar-refractivity contribution is 7.99. The fraction of sp³-hybridized carbons (Fsp3) is 0.400. The average Bonchev–Trinajstić information content (AvgIpc) is 2.62. The lowest BCUT2D eigenvalue weighted by Crippen LogP contribution is -2.46. The van der Waals surface area contributed by atoms with Gasteiger partial charge in [0.2, 0.25) is 0 Å². The number of piperazine rings is 1. The van der Waals surface area contributed by atoms with Gasteiger partial charge in [0, 0.05) is 37.6 Å². The summed E-state index contributed by atoms with van der Waals surface area (Å²) in [6, 6.07) is 17.5. The first-order chi connectivity index (χ1) is 11.8. The summed E-state index contributed by atoms with van der Waals surface area (Å²) in [5.41, 5.74) is 1.40. The second-order valence-electron chi connectivity index (χ2n) is 6.26. The van der Waals surface area contributed by atoms with Crippen molar-refractivity contribution in [2.45, 2.75) is 17.9 Å². The van der Waals surface area contributed by atoms with Gasteiger partial charge < -0.3 is 4.90 Å². The van der Waals surface area contributed by atoms with Gasteiger partial charge in [-0.05, 0) is 48.5 Å². The predicted molar refractivity (Wildman–Crippen MR) is 99.9 cm³/mol. The lowest BCUT2D eigenvalue weighted by Gasteiger charge is -2.34. The first kappa shape index (κ1) is 17.5. The second-order valence-corrected chi connectivity index (χ2v) is 7.43. The topological polar surface area (TPSA) is 6.48 Å². The van der Waals surface area contributed by atoms with Crippen molar-refractivity contribution >= 4 is 11.8 Å². The molecular formula is C20H25FN2S. The van der Waals surface area contributed by atoms with E-state index in [-0.39, 0.29) is 5.82 Å². The van der Waals surface area contributed by atoms with Gasteiger partial charge in [-0.3, -0.25) is 4.90 Å². The molecule has 0 radical (unpaired) electrons. The number of rotatable bonds is 7. The molecule has 1 aliphatic heterocycles. The van der Waals surface area contributed by atoms with Gasteiger partial charge >= 0.3 is 0 Å². The summed E-state index contributed by atoms with van der Waals surface area (Å²) < 4.78 is 12.9. The summed E-state index contributed by atoms with van der Waals surface area (Å²) >= 11 is 1.82. The van der Waals surface area contributed by atoms with E-state index < -0.39 is 0 Å². The van der Waals surface area contributed by atoms with Crippen molar-refractivity contribution in [2.75, 3.05) is 38.5 Å². The van der Waals surface area contributed by atoms with Crippen molar-refractivity contribution in [3.8, 4) is 0 Å². The molecule has 3 rings (SSSR count). The smallest absolute Gasteiger partial charge is 0.123 e. The molecule has 0 bridgehead atoms. The Kier molecular flexibility index (Phi) is 6.70. The van der Waals surface area contributed by atoms with Crippen LogP contribution >= 0.6 is 11.8 Å². The van der Waals surface area contributed by atoms with Crippen LogP contribution in [0.15, 0.2) is 59.5 Å². The van der Waals surface area contributed by atoms with Gasteiger partial charge in [-0.25, -0.2) is 4.39 Å². The monoisotopic (exact) mass is 344 g/mol. The van der Waals surface area contributed by atoms with Crippen LogP contribution in [-0.4, -0.2) is 48.3 Å². The van der Waals surface area contributed by atoms with E-state index in [9.17, 15) is 4.39 Å². The quantitative estimate of drug-likeness (QED) is 0.551. The van der Waals surface area contributed by atoms with E-state index in [4.69, 9.17) is 0 Å². The summed E-state index contributed by atoms with van der Waals surface area (Å²) in [5, 5.41) is 0. The van der Waals surface area contributed by atoms with Crippen molar-refractivity contribution < 1.29 is 4.39 Å². The Hall–Kier alpha value is -1.36. The molecule has 0 unspecified atom stereocenters.